The molecule has 1 fully saturated rings. The van der Waals surface area contributed by atoms with Gasteiger partial charge >= 0.3 is 31.5 Å². The lowest BCUT2D eigenvalue weighted by atomic mass is 9.98. The fourth-order valence-electron chi connectivity index (χ4n) is 3.77. The van der Waals surface area contributed by atoms with Gasteiger partial charge in [-0.25, -0.2) is 10.2 Å². The summed E-state index contributed by atoms with van der Waals surface area (Å²) < 4.78 is 51.6. The van der Waals surface area contributed by atoms with Crippen LogP contribution in [0.4, 0.5) is 0 Å². The molecule has 0 bridgehead atoms. The van der Waals surface area contributed by atoms with Crippen LogP contribution in [0.5, 0.6) is 5.75 Å². The number of carbonyl (C=O) groups excluding carboxylic acids is 4. The summed E-state index contributed by atoms with van der Waals surface area (Å²) in [5, 5.41) is 5.48. The van der Waals surface area contributed by atoms with E-state index in [0.717, 1.165) is 20.8 Å². The Morgan fingerprint density at radius 2 is 1.33 bits per heavy atom. The number of hydrogen-bond acceptors (Lipinski definition) is 12. The topological polar surface area (TPSA) is 174 Å². The molecule has 2 rings (SSSR count). The van der Waals surface area contributed by atoms with Crippen molar-refractivity contribution in [2.75, 3.05) is 31.5 Å². The second-order valence-corrected chi connectivity index (χ2v) is 11.6. The van der Waals surface area contributed by atoms with Gasteiger partial charge in [0.05, 0.1) is 6.61 Å². The average Bonchev–Trinajstić information content (AvgIpc) is 2.92. The molecule has 236 valence electrons. The van der Waals surface area contributed by atoms with E-state index in [1.807, 2.05) is 0 Å². The first-order chi connectivity index (χ1) is 19.9. The van der Waals surface area contributed by atoms with Gasteiger partial charge in [0.15, 0.2) is 12.2 Å². The number of ether oxygens (including phenoxy) is 6. The number of esters is 4. The molecule has 1 aliphatic rings. The number of hydrogen-bond donors (Lipinski definition) is 2. The fourth-order valence-corrected chi connectivity index (χ4v) is 5.66. The summed E-state index contributed by atoms with van der Waals surface area (Å²) in [7, 11) is -3.42. The first kappa shape index (κ1) is 35.7. The lowest BCUT2D eigenvalue weighted by Crippen LogP contribution is -2.63. The standard InChI is InChI=1S/C25H35Cl2N2O12P/c1-15(30)35-14-21-22(37-16(2)31)23(38-17(3)32)24(39-18(4)33)25(41-21)40-20-7-5-19(6-8-20)13-36-42(34,28-11-9-26)29-12-10-27/h5-8,21-25H,9-14H2,1-4H3,(H2,28,29,34)/t21-,22+,23+,24-,25-/m1/s1. The summed E-state index contributed by atoms with van der Waals surface area (Å²) in [6.07, 6.45) is -6.57. The predicted octanol–water partition coefficient (Wildman–Crippen LogP) is 2.43. The minimum atomic E-state index is -3.42. The Morgan fingerprint density at radius 1 is 0.810 bits per heavy atom. The average molecular weight is 657 g/mol. The number of benzene rings is 1. The summed E-state index contributed by atoms with van der Waals surface area (Å²) in [4.78, 5) is 47.3. The zero-order valence-corrected chi connectivity index (χ0v) is 25.9. The monoisotopic (exact) mass is 656 g/mol. The van der Waals surface area contributed by atoms with Crippen LogP contribution in [0.1, 0.15) is 33.3 Å². The Bertz CT molecular complexity index is 1100. The minimum Gasteiger partial charge on any atom is -0.463 e. The first-order valence-corrected chi connectivity index (χ1v) is 15.5. The molecule has 0 aliphatic carbocycles. The number of alkyl halides is 2. The zero-order chi connectivity index (χ0) is 31.3. The van der Waals surface area contributed by atoms with Gasteiger partial charge in [-0.15, -0.1) is 23.2 Å². The lowest BCUT2D eigenvalue weighted by Gasteiger charge is -2.43. The smallest absolute Gasteiger partial charge is 0.341 e. The molecule has 14 nitrogen and oxygen atoms in total. The van der Waals surface area contributed by atoms with Gasteiger partial charge in [0, 0.05) is 52.5 Å². The molecule has 1 saturated heterocycles. The van der Waals surface area contributed by atoms with Gasteiger partial charge in [-0.2, -0.15) is 0 Å². The second kappa shape index (κ2) is 17.6. The Balaban J connectivity index is 2.28. The number of nitrogens with one attached hydrogen (secondary N) is 2. The van der Waals surface area contributed by atoms with Crippen molar-refractivity contribution in [3.05, 3.63) is 29.8 Å². The molecular formula is C25H35Cl2N2O12P. The molecular weight excluding hydrogens is 622 g/mol. The number of rotatable bonds is 16. The van der Waals surface area contributed by atoms with Crippen LogP contribution in [0.25, 0.3) is 0 Å². The molecule has 0 amide bonds. The van der Waals surface area contributed by atoms with Crippen LogP contribution < -0.4 is 14.9 Å². The normalized spacial score (nSPS) is 22.1. The highest BCUT2D eigenvalue weighted by atomic mass is 35.5. The summed E-state index contributed by atoms with van der Waals surface area (Å²) >= 11 is 11.4. The van der Waals surface area contributed by atoms with Crippen LogP contribution in [0.15, 0.2) is 24.3 Å². The second-order valence-electron chi connectivity index (χ2n) is 8.85. The predicted molar refractivity (Wildman–Crippen MR) is 149 cm³/mol. The van der Waals surface area contributed by atoms with E-state index in [0.29, 0.717) is 5.56 Å². The molecule has 17 heteroatoms. The zero-order valence-electron chi connectivity index (χ0n) is 23.5. The van der Waals surface area contributed by atoms with Crippen molar-refractivity contribution < 1.29 is 56.7 Å². The Kier molecular flexibility index (Phi) is 15.0. The molecule has 0 aromatic heterocycles. The van der Waals surface area contributed by atoms with Crippen molar-refractivity contribution in [3.8, 4) is 5.75 Å². The summed E-state index contributed by atoms with van der Waals surface area (Å²) in [6, 6.07) is 6.37. The van der Waals surface area contributed by atoms with Gasteiger partial charge in [0.2, 0.25) is 12.4 Å². The van der Waals surface area contributed by atoms with Crippen LogP contribution >= 0.6 is 30.9 Å². The molecule has 0 radical (unpaired) electrons. The third-order valence-corrected chi connectivity index (χ3v) is 7.52. The quantitative estimate of drug-likeness (QED) is 0.115. The SMILES string of the molecule is CC(=O)OC[C@H]1O[C@@H](Oc2ccc(COP(=O)(NCCCl)NCCCl)cc2)[C@H](OC(C)=O)[C@@H](OC(C)=O)[C@H]1OC(C)=O. The van der Waals surface area contributed by atoms with Crippen LogP contribution in [0, 0.1) is 0 Å². The molecule has 1 aromatic rings. The number of halogens is 2. The van der Waals surface area contributed by atoms with Crippen LogP contribution in [-0.2, 0) is 58.6 Å². The van der Waals surface area contributed by atoms with Crippen LogP contribution in [0.2, 0.25) is 0 Å². The van der Waals surface area contributed by atoms with Crippen molar-refractivity contribution in [2.45, 2.75) is 65.0 Å². The maximum Gasteiger partial charge on any atom is 0.341 e. The highest BCUT2D eigenvalue weighted by Gasteiger charge is 2.53. The Labute approximate surface area is 253 Å². The maximum absolute atomic E-state index is 12.9. The van der Waals surface area contributed by atoms with Crippen molar-refractivity contribution in [1.82, 2.24) is 10.2 Å². The third-order valence-electron chi connectivity index (χ3n) is 5.37. The van der Waals surface area contributed by atoms with Crippen molar-refractivity contribution >= 4 is 54.7 Å². The molecule has 0 spiro atoms. The molecule has 2 N–H and O–H groups in total. The van der Waals surface area contributed by atoms with E-state index in [1.165, 1.54) is 6.92 Å². The van der Waals surface area contributed by atoms with E-state index in [2.05, 4.69) is 10.2 Å². The Morgan fingerprint density at radius 3 is 1.83 bits per heavy atom. The van der Waals surface area contributed by atoms with Gasteiger partial charge in [-0.05, 0) is 17.7 Å². The first-order valence-electron chi connectivity index (χ1n) is 12.8. The summed E-state index contributed by atoms with van der Waals surface area (Å²) in [5.41, 5.74) is 0.629. The molecule has 42 heavy (non-hydrogen) atoms. The molecule has 1 aromatic carbocycles. The van der Waals surface area contributed by atoms with E-state index in [1.54, 1.807) is 24.3 Å². The number of carbonyl (C=O) groups is 4. The van der Waals surface area contributed by atoms with E-state index in [-0.39, 0.29) is 43.8 Å². The molecule has 0 saturated carbocycles. The highest BCUT2D eigenvalue weighted by Crippen LogP contribution is 2.38. The lowest BCUT2D eigenvalue weighted by molar-refractivity contribution is -0.288. The van der Waals surface area contributed by atoms with Gasteiger partial charge in [-0.1, -0.05) is 12.1 Å². The molecule has 0 unspecified atom stereocenters. The van der Waals surface area contributed by atoms with Crippen molar-refractivity contribution in [3.63, 3.8) is 0 Å². The van der Waals surface area contributed by atoms with Gasteiger partial charge in [-0.3, -0.25) is 23.7 Å². The van der Waals surface area contributed by atoms with Crippen molar-refractivity contribution in [1.29, 1.82) is 0 Å². The molecule has 5 atom stereocenters. The van der Waals surface area contributed by atoms with Gasteiger partial charge in [0.1, 0.15) is 18.5 Å². The third kappa shape index (κ3) is 12.0. The fraction of sp³-hybridized carbons (Fsp3) is 0.600. The highest BCUT2D eigenvalue weighted by molar-refractivity contribution is 7.54. The van der Waals surface area contributed by atoms with E-state index < -0.39 is 62.3 Å². The summed E-state index contributed by atoms with van der Waals surface area (Å²) in [6.45, 7) is 4.63. The Hall–Kier alpha value is -2.45. The van der Waals surface area contributed by atoms with Crippen LogP contribution in [-0.4, -0.2) is 86.0 Å². The molecule has 1 heterocycles. The van der Waals surface area contributed by atoms with E-state index in [9.17, 15) is 23.7 Å². The maximum atomic E-state index is 12.9. The van der Waals surface area contributed by atoms with E-state index >= 15 is 0 Å². The van der Waals surface area contributed by atoms with Crippen LogP contribution in [0.3, 0.4) is 0 Å². The summed E-state index contributed by atoms with van der Waals surface area (Å²) in [5.74, 6) is -2.21. The molecule has 1 aliphatic heterocycles. The largest absolute Gasteiger partial charge is 0.463 e. The minimum absolute atomic E-state index is 0.0405. The van der Waals surface area contributed by atoms with E-state index in [4.69, 9.17) is 56.1 Å². The van der Waals surface area contributed by atoms with Gasteiger partial charge < -0.3 is 32.9 Å². The van der Waals surface area contributed by atoms with Crippen molar-refractivity contribution in [2.24, 2.45) is 0 Å². The van der Waals surface area contributed by atoms with Gasteiger partial charge in [0.25, 0.3) is 0 Å².